The Morgan fingerprint density at radius 2 is 0.846 bits per heavy atom. The van der Waals surface area contributed by atoms with Crippen LogP contribution in [0.3, 0.4) is 0 Å². The number of rotatable bonds is 38. The van der Waals surface area contributed by atoms with E-state index in [9.17, 15) is 4.79 Å². The van der Waals surface area contributed by atoms with Gasteiger partial charge in [-0.05, 0) is 64.2 Å². The molecule has 52 heavy (non-hydrogen) atoms. The van der Waals surface area contributed by atoms with Crippen LogP contribution in [0.15, 0.2) is 12.2 Å². The molecule has 0 aliphatic heterocycles. The van der Waals surface area contributed by atoms with Crippen LogP contribution in [-0.2, 0) is 9.53 Å². The van der Waals surface area contributed by atoms with E-state index < -0.39 is 13.4 Å². The summed E-state index contributed by atoms with van der Waals surface area (Å²) < 4.78 is 4.86. The zero-order valence-electron chi connectivity index (χ0n) is 35.2. The van der Waals surface area contributed by atoms with Crippen molar-refractivity contribution in [1.82, 2.24) is 0 Å². The lowest BCUT2D eigenvalue weighted by molar-refractivity contribution is -0.147. The van der Waals surface area contributed by atoms with E-state index >= 15 is 0 Å². The van der Waals surface area contributed by atoms with Crippen molar-refractivity contribution in [2.75, 3.05) is 37.9 Å². The predicted molar refractivity (Wildman–Crippen MR) is 233 cm³/mol. The Balaban J connectivity index is -0.000000427. The van der Waals surface area contributed by atoms with Crippen LogP contribution in [0.4, 0.5) is 0 Å². The van der Waals surface area contributed by atoms with Gasteiger partial charge in [0, 0.05) is 13.7 Å². The largest absolute Gasteiger partial charge is 1.00 e. The highest BCUT2D eigenvalue weighted by Gasteiger charge is 2.34. The third-order valence-electron chi connectivity index (χ3n) is 10.2. The molecular weight excluding hydrogens is 727 g/mol. The van der Waals surface area contributed by atoms with Crippen molar-refractivity contribution in [1.29, 1.82) is 0 Å². The number of ether oxygens (including phenoxy) is 1. The van der Waals surface area contributed by atoms with E-state index in [1.807, 2.05) is 0 Å². The van der Waals surface area contributed by atoms with Crippen molar-refractivity contribution < 1.29 is 36.7 Å². The lowest BCUT2D eigenvalue weighted by atomic mass is 10.1. The topological polar surface area (TPSA) is 66.8 Å². The maximum Gasteiger partial charge on any atom is 0.305 e. The predicted octanol–water partition coefficient (Wildman–Crippen LogP) is 11.9. The molecule has 0 heterocycles. The lowest BCUT2D eigenvalue weighted by Gasteiger charge is -2.28. The second-order valence-corrected chi connectivity index (χ2v) is 19.8. The molecule has 0 aromatic carbocycles. The van der Waals surface area contributed by atoms with Crippen molar-refractivity contribution in [2.45, 2.75) is 241 Å². The fourth-order valence-electron chi connectivity index (χ4n) is 6.74. The normalized spacial score (nSPS) is 11.8. The molecule has 1 unspecified atom stereocenters. The number of allylic oxidation sites excluding steroid dienone is 2. The zero-order chi connectivity index (χ0) is 37.2. The Hall–Kier alpha value is 0.0400. The van der Waals surface area contributed by atoms with Gasteiger partial charge < -0.3 is 31.9 Å². The van der Waals surface area contributed by atoms with Gasteiger partial charge in [0.05, 0.1) is 31.3 Å². The molecule has 0 fully saturated rings. The van der Waals surface area contributed by atoms with E-state index in [1.54, 1.807) is 31.1 Å². The molecule has 0 aromatic heterocycles. The minimum Gasteiger partial charge on any atom is -1.00 e. The number of carbonyl (C=O) groups excluding carboxylic acids is 1. The minimum absolute atomic E-state index is 0. The molecule has 2 N–H and O–H groups in total. The molecule has 1 atom stereocenters. The second-order valence-electron chi connectivity index (χ2n) is 15.3. The van der Waals surface area contributed by atoms with Gasteiger partial charge in [-0.1, -0.05) is 176 Å². The lowest BCUT2D eigenvalue weighted by Crippen LogP contribution is -3.00. The van der Waals surface area contributed by atoms with Crippen molar-refractivity contribution in [3.05, 3.63) is 12.2 Å². The molecular formula is C46H96BrO4P. The average Bonchev–Trinajstić information content (AvgIpc) is 3.13. The maximum absolute atomic E-state index is 11.4. The smallest absolute Gasteiger partial charge is 0.305 e. The first-order chi connectivity index (χ1) is 24.4. The molecule has 0 bridgehead atoms. The summed E-state index contributed by atoms with van der Waals surface area (Å²) in [5, 5.41) is 17.7. The third kappa shape index (κ3) is 44.4. The monoisotopic (exact) mass is 823 g/mol. The Morgan fingerprint density at radius 1 is 0.519 bits per heavy atom. The highest BCUT2D eigenvalue weighted by atomic mass is 79.9. The summed E-state index contributed by atoms with van der Waals surface area (Å²) >= 11 is 0. The van der Waals surface area contributed by atoms with Gasteiger partial charge in [0.25, 0.3) is 0 Å². The molecule has 0 rings (SSSR count). The van der Waals surface area contributed by atoms with Crippen LogP contribution in [0.1, 0.15) is 235 Å². The summed E-state index contributed by atoms with van der Waals surface area (Å²) in [7, 11) is -0.620. The first kappa shape index (κ1) is 58.7. The van der Waals surface area contributed by atoms with Crippen LogP contribution in [0.5, 0.6) is 0 Å². The fourth-order valence-corrected chi connectivity index (χ4v) is 11.9. The number of carbonyl (C=O) groups is 1. The number of esters is 1. The number of unbranched alkanes of at least 4 members (excludes halogenated alkanes) is 23. The van der Waals surface area contributed by atoms with Crippen LogP contribution >= 0.6 is 7.26 Å². The quantitative estimate of drug-likeness (QED) is 0.0282. The van der Waals surface area contributed by atoms with E-state index in [0.717, 1.165) is 25.7 Å². The summed E-state index contributed by atoms with van der Waals surface area (Å²) in [4.78, 5) is 11.4. The first-order valence-electron chi connectivity index (χ1n) is 22.4. The standard InChI is InChI=1S/C24H52P.C21H40O4.CH4.BrH/c1-5-9-13-14-15-16-17-18-19-20-24-25(21-10-6-2,22-11-7-3)23-12-8-4;1-2-3-4-5-6-7-8-9-10-11-12-13-14-15-16-17-21(24)25-19-20(23)18-22;;/h5-24H2,1-4H3;9-10,20,22-23H,2-8,11-19H2,1H3;1H4;1H/q+1;;;/p-1/b;10-9-;;. The summed E-state index contributed by atoms with van der Waals surface area (Å²) in [5.41, 5.74) is 0. The van der Waals surface area contributed by atoms with Gasteiger partial charge in [-0.15, -0.1) is 0 Å². The molecule has 0 aliphatic carbocycles. The molecule has 0 amide bonds. The number of halogens is 1. The third-order valence-corrected chi connectivity index (χ3v) is 15.3. The summed E-state index contributed by atoms with van der Waals surface area (Å²) in [5.74, 6) is -0.287. The Bertz CT molecular complexity index is 668. The van der Waals surface area contributed by atoms with Crippen LogP contribution in [0.25, 0.3) is 0 Å². The van der Waals surface area contributed by atoms with Crippen molar-refractivity contribution in [3.8, 4) is 0 Å². The van der Waals surface area contributed by atoms with Crippen molar-refractivity contribution in [3.63, 3.8) is 0 Å². The fraction of sp³-hybridized carbons (Fsp3) is 0.935. The van der Waals surface area contributed by atoms with Gasteiger partial charge in [0.1, 0.15) is 12.7 Å². The highest BCUT2D eigenvalue weighted by Crippen LogP contribution is 2.61. The van der Waals surface area contributed by atoms with Gasteiger partial charge in [0.15, 0.2) is 0 Å². The molecule has 0 aromatic rings. The van der Waals surface area contributed by atoms with E-state index in [4.69, 9.17) is 14.9 Å². The number of hydrogen-bond donors (Lipinski definition) is 2. The Labute approximate surface area is 339 Å². The van der Waals surface area contributed by atoms with Gasteiger partial charge in [-0.2, -0.15) is 0 Å². The first-order valence-corrected chi connectivity index (χ1v) is 24.9. The van der Waals surface area contributed by atoms with Crippen LogP contribution in [-0.4, -0.2) is 60.1 Å². The molecule has 0 saturated heterocycles. The molecule has 0 radical (unpaired) electrons. The molecule has 316 valence electrons. The van der Waals surface area contributed by atoms with Crippen LogP contribution < -0.4 is 17.0 Å². The SMILES string of the molecule is C.CCCCCCCC/C=C\CCCCCCCC(=O)OCC(O)CO.CCCCCCCCCCCC[P+](CCCC)(CCCC)CCCC.[Br-]. The van der Waals surface area contributed by atoms with Gasteiger partial charge in [-0.25, -0.2) is 0 Å². The molecule has 0 aliphatic rings. The van der Waals surface area contributed by atoms with Crippen LogP contribution in [0, 0.1) is 0 Å². The van der Waals surface area contributed by atoms with Gasteiger partial charge in [-0.3, -0.25) is 4.79 Å². The average molecular weight is 824 g/mol. The number of hydrogen-bond acceptors (Lipinski definition) is 4. The molecule has 4 nitrogen and oxygen atoms in total. The number of aliphatic hydroxyl groups excluding tert-OH is 2. The summed E-state index contributed by atoms with van der Waals surface area (Å²) in [6.07, 6.45) is 50.1. The number of aliphatic hydroxyl groups is 2. The molecule has 6 heteroatoms. The maximum atomic E-state index is 11.4. The second kappa shape index (κ2) is 49.1. The zero-order valence-corrected chi connectivity index (χ0v) is 37.7. The Morgan fingerprint density at radius 3 is 1.23 bits per heavy atom. The van der Waals surface area contributed by atoms with Gasteiger partial charge in [0.2, 0.25) is 0 Å². The molecule has 0 spiro atoms. The Kier molecular flexibility index (Phi) is 55.4. The van der Waals surface area contributed by atoms with Crippen molar-refractivity contribution >= 4 is 13.2 Å². The van der Waals surface area contributed by atoms with E-state index in [2.05, 4.69) is 46.8 Å². The van der Waals surface area contributed by atoms with E-state index in [0.29, 0.717) is 6.42 Å². The van der Waals surface area contributed by atoms with Gasteiger partial charge >= 0.3 is 5.97 Å². The summed E-state index contributed by atoms with van der Waals surface area (Å²) in [6, 6.07) is 0. The van der Waals surface area contributed by atoms with Crippen molar-refractivity contribution in [2.24, 2.45) is 0 Å². The highest BCUT2D eigenvalue weighted by molar-refractivity contribution is 7.75. The van der Waals surface area contributed by atoms with E-state index in [1.165, 1.54) is 154 Å². The molecule has 0 saturated carbocycles. The summed E-state index contributed by atoms with van der Waals surface area (Å²) in [6.45, 7) is 11.2. The van der Waals surface area contributed by atoms with E-state index in [-0.39, 0.29) is 43.6 Å². The van der Waals surface area contributed by atoms with Crippen LogP contribution in [0.2, 0.25) is 0 Å². The minimum atomic E-state index is -0.960.